The van der Waals surface area contributed by atoms with Gasteiger partial charge in [-0.3, -0.25) is 0 Å². The van der Waals surface area contributed by atoms with Crippen molar-refractivity contribution in [2.75, 3.05) is 27.2 Å². The molecule has 0 aliphatic heterocycles. The molecule has 0 heterocycles. The molecule has 0 aromatic rings. The van der Waals surface area contributed by atoms with E-state index < -0.39 is 6.16 Å². The largest absolute Gasteiger partial charge is 0.508 e. The molecule has 0 amide bonds. The third kappa shape index (κ3) is 31.2. The van der Waals surface area contributed by atoms with Crippen molar-refractivity contribution in [1.82, 2.24) is 4.90 Å². The van der Waals surface area contributed by atoms with Gasteiger partial charge in [0.15, 0.2) is 0 Å². The lowest BCUT2D eigenvalue weighted by Crippen LogP contribution is -2.21. The molecule has 4 nitrogen and oxygen atoms in total. The summed E-state index contributed by atoms with van der Waals surface area (Å²) >= 11 is 0. The SMILES string of the molecule is CCCCC/C=C\C/C=C\CCCCCCCC(CCCCCCCCCCCC)OC(=O)OCCCN(C)C. The lowest BCUT2D eigenvalue weighted by Gasteiger charge is -2.18. The Balaban J connectivity index is 4.04. The summed E-state index contributed by atoms with van der Waals surface area (Å²) in [5.74, 6) is 0. The van der Waals surface area contributed by atoms with Gasteiger partial charge in [0.05, 0.1) is 6.61 Å². The minimum absolute atomic E-state index is 0.00773. The molecule has 40 heavy (non-hydrogen) atoms. The third-order valence-corrected chi connectivity index (χ3v) is 7.59. The minimum atomic E-state index is -0.474. The molecule has 0 aliphatic rings. The van der Waals surface area contributed by atoms with Gasteiger partial charge in [-0.25, -0.2) is 4.79 Å². The highest BCUT2D eigenvalue weighted by Crippen LogP contribution is 2.18. The van der Waals surface area contributed by atoms with E-state index in [1.165, 1.54) is 116 Å². The van der Waals surface area contributed by atoms with Crippen LogP contribution in [0.3, 0.4) is 0 Å². The highest BCUT2D eigenvalue weighted by atomic mass is 16.7. The van der Waals surface area contributed by atoms with E-state index in [9.17, 15) is 4.79 Å². The molecule has 0 fully saturated rings. The Morgan fingerprint density at radius 2 is 1.05 bits per heavy atom. The quantitative estimate of drug-likeness (QED) is 0.0495. The maximum Gasteiger partial charge on any atom is 0.508 e. The van der Waals surface area contributed by atoms with Crippen LogP contribution in [0, 0.1) is 0 Å². The van der Waals surface area contributed by atoms with Crippen LogP contribution in [-0.2, 0) is 9.47 Å². The van der Waals surface area contributed by atoms with Crippen LogP contribution in [0.1, 0.15) is 168 Å². The van der Waals surface area contributed by atoms with Crippen molar-refractivity contribution in [3.8, 4) is 0 Å². The number of hydrogen-bond donors (Lipinski definition) is 0. The van der Waals surface area contributed by atoms with Gasteiger partial charge in [0.2, 0.25) is 0 Å². The van der Waals surface area contributed by atoms with Crippen LogP contribution in [0.4, 0.5) is 4.79 Å². The van der Waals surface area contributed by atoms with E-state index in [4.69, 9.17) is 9.47 Å². The van der Waals surface area contributed by atoms with Crippen molar-refractivity contribution in [3.63, 3.8) is 0 Å². The molecular formula is C36H69NO3. The highest BCUT2D eigenvalue weighted by molar-refractivity contribution is 5.60. The zero-order chi connectivity index (χ0) is 29.4. The van der Waals surface area contributed by atoms with Crippen LogP contribution in [0.2, 0.25) is 0 Å². The molecule has 4 heteroatoms. The van der Waals surface area contributed by atoms with E-state index in [2.05, 4.69) is 43.1 Å². The lowest BCUT2D eigenvalue weighted by atomic mass is 10.0. The van der Waals surface area contributed by atoms with Gasteiger partial charge in [0.25, 0.3) is 0 Å². The molecule has 0 N–H and O–H groups in total. The first-order valence-electron chi connectivity index (χ1n) is 17.4. The number of ether oxygens (including phenoxy) is 2. The maximum atomic E-state index is 12.3. The third-order valence-electron chi connectivity index (χ3n) is 7.59. The van der Waals surface area contributed by atoms with E-state index >= 15 is 0 Å². The molecule has 0 saturated carbocycles. The summed E-state index contributed by atoms with van der Waals surface area (Å²) in [6, 6.07) is 0. The molecule has 236 valence electrons. The van der Waals surface area contributed by atoms with E-state index in [1.54, 1.807) is 0 Å². The Labute approximate surface area is 250 Å². The van der Waals surface area contributed by atoms with Gasteiger partial charge in [-0.05, 0) is 78.3 Å². The number of carbonyl (C=O) groups excluding carboxylic acids is 1. The van der Waals surface area contributed by atoms with Crippen LogP contribution in [0.5, 0.6) is 0 Å². The van der Waals surface area contributed by atoms with Crippen molar-refractivity contribution >= 4 is 6.16 Å². The topological polar surface area (TPSA) is 38.8 Å². The Bertz CT molecular complexity index is 572. The molecule has 0 aliphatic carbocycles. The highest BCUT2D eigenvalue weighted by Gasteiger charge is 2.15. The summed E-state index contributed by atoms with van der Waals surface area (Å²) in [6.07, 6.45) is 38.5. The predicted molar refractivity (Wildman–Crippen MR) is 175 cm³/mol. The van der Waals surface area contributed by atoms with Crippen molar-refractivity contribution in [3.05, 3.63) is 24.3 Å². The number of nitrogens with zero attached hydrogens (tertiary/aromatic N) is 1. The number of carbonyl (C=O) groups is 1. The number of hydrogen-bond acceptors (Lipinski definition) is 4. The van der Waals surface area contributed by atoms with Crippen LogP contribution in [0.25, 0.3) is 0 Å². The Morgan fingerprint density at radius 1 is 0.600 bits per heavy atom. The van der Waals surface area contributed by atoms with Gasteiger partial charge in [0, 0.05) is 6.54 Å². The minimum Gasteiger partial charge on any atom is -0.434 e. The average Bonchev–Trinajstić information content (AvgIpc) is 2.94. The molecule has 1 atom stereocenters. The molecule has 0 bridgehead atoms. The Kier molecular flexibility index (Phi) is 31.2. The zero-order valence-corrected chi connectivity index (χ0v) is 27.4. The zero-order valence-electron chi connectivity index (χ0n) is 27.4. The summed E-state index contributed by atoms with van der Waals surface area (Å²) in [7, 11) is 4.07. The first-order valence-corrected chi connectivity index (χ1v) is 17.4. The van der Waals surface area contributed by atoms with Crippen molar-refractivity contribution < 1.29 is 14.3 Å². The number of rotatable bonds is 30. The molecule has 0 spiro atoms. The second-order valence-electron chi connectivity index (χ2n) is 12.0. The van der Waals surface area contributed by atoms with Crippen molar-refractivity contribution in [1.29, 1.82) is 0 Å². The van der Waals surface area contributed by atoms with Crippen LogP contribution < -0.4 is 0 Å². The molecule has 0 aromatic carbocycles. The summed E-state index contributed by atoms with van der Waals surface area (Å²) < 4.78 is 11.1. The molecule has 0 radical (unpaired) electrons. The Morgan fingerprint density at radius 3 is 1.57 bits per heavy atom. The van der Waals surface area contributed by atoms with Crippen LogP contribution >= 0.6 is 0 Å². The Hall–Kier alpha value is -1.29. The lowest BCUT2D eigenvalue weighted by molar-refractivity contribution is 0.0150. The van der Waals surface area contributed by atoms with Gasteiger partial charge in [-0.2, -0.15) is 0 Å². The monoisotopic (exact) mass is 564 g/mol. The van der Waals surface area contributed by atoms with E-state index in [-0.39, 0.29) is 6.10 Å². The van der Waals surface area contributed by atoms with Crippen LogP contribution in [-0.4, -0.2) is 44.4 Å². The summed E-state index contributed by atoms with van der Waals surface area (Å²) in [6.45, 7) is 5.89. The maximum absolute atomic E-state index is 12.3. The first kappa shape index (κ1) is 38.7. The first-order chi connectivity index (χ1) is 19.6. The second kappa shape index (κ2) is 32.2. The molecular weight excluding hydrogens is 494 g/mol. The summed E-state index contributed by atoms with van der Waals surface area (Å²) in [5.41, 5.74) is 0. The number of allylic oxidation sites excluding steroid dienone is 4. The van der Waals surface area contributed by atoms with E-state index in [0.29, 0.717) is 6.61 Å². The van der Waals surface area contributed by atoms with Gasteiger partial charge in [0.1, 0.15) is 6.10 Å². The summed E-state index contributed by atoms with van der Waals surface area (Å²) in [4.78, 5) is 14.4. The number of unbranched alkanes of at least 4 members (excludes halogenated alkanes) is 17. The predicted octanol–water partition coefficient (Wildman–Crippen LogP) is 11.6. The van der Waals surface area contributed by atoms with E-state index in [0.717, 1.165) is 45.1 Å². The second-order valence-corrected chi connectivity index (χ2v) is 12.0. The smallest absolute Gasteiger partial charge is 0.434 e. The molecule has 0 saturated heterocycles. The van der Waals surface area contributed by atoms with Crippen molar-refractivity contribution in [2.45, 2.75) is 174 Å². The average molecular weight is 564 g/mol. The van der Waals surface area contributed by atoms with Crippen LogP contribution in [0.15, 0.2) is 24.3 Å². The van der Waals surface area contributed by atoms with E-state index in [1.807, 2.05) is 14.1 Å². The molecule has 1 unspecified atom stereocenters. The molecule has 0 rings (SSSR count). The van der Waals surface area contributed by atoms with Gasteiger partial charge < -0.3 is 14.4 Å². The fraction of sp³-hybridized carbons (Fsp3) is 0.861. The van der Waals surface area contributed by atoms with Gasteiger partial charge >= 0.3 is 6.16 Å². The summed E-state index contributed by atoms with van der Waals surface area (Å²) in [5, 5.41) is 0. The normalized spacial score (nSPS) is 12.6. The van der Waals surface area contributed by atoms with Gasteiger partial charge in [-0.1, -0.05) is 128 Å². The fourth-order valence-electron chi connectivity index (χ4n) is 5.01. The fourth-order valence-corrected chi connectivity index (χ4v) is 5.01. The van der Waals surface area contributed by atoms with Crippen molar-refractivity contribution in [2.24, 2.45) is 0 Å². The standard InChI is InChI=1S/C36H69NO3/c1-5-7-9-11-13-15-17-18-19-20-21-23-25-27-29-32-35(40-36(38)39-34-30-33-37(3)4)31-28-26-24-22-16-14-12-10-8-6-2/h13,15,18-19,35H,5-12,14,16-17,20-34H2,1-4H3/b15-13-,19-18-. The molecule has 0 aromatic heterocycles. The van der Waals surface area contributed by atoms with Gasteiger partial charge in [-0.15, -0.1) is 0 Å².